The Morgan fingerprint density at radius 2 is 2.16 bits per heavy atom. The van der Waals surface area contributed by atoms with Crippen LogP contribution in [0.1, 0.15) is 12.5 Å². The molecule has 3 rings (SSSR count). The van der Waals surface area contributed by atoms with Crippen LogP contribution in [0, 0.1) is 0 Å². The van der Waals surface area contributed by atoms with Gasteiger partial charge in [-0.25, -0.2) is 0 Å². The molecular weight excluding hydrogens is 266 g/mol. The largest absolute Gasteiger partial charge is 0.486 e. The van der Waals surface area contributed by atoms with E-state index in [1.165, 1.54) is 0 Å². The van der Waals surface area contributed by atoms with Crippen molar-refractivity contribution in [2.24, 2.45) is 0 Å². The summed E-state index contributed by atoms with van der Waals surface area (Å²) in [6.07, 6.45) is 0.778. The van der Waals surface area contributed by atoms with Gasteiger partial charge in [-0.3, -0.25) is 5.10 Å². The van der Waals surface area contributed by atoms with E-state index in [1.807, 2.05) is 6.92 Å². The number of halogens is 1. The van der Waals surface area contributed by atoms with Crippen LogP contribution in [0.4, 0.5) is 5.82 Å². The maximum absolute atomic E-state index is 6.36. The van der Waals surface area contributed by atoms with Crippen molar-refractivity contribution in [2.75, 3.05) is 18.9 Å². The number of nitrogens with one attached hydrogen (secondary N) is 1. The third-order valence-electron chi connectivity index (χ3n) is 3.10. The van der Waals surface area contributed by atoms with E-state index >= 15 is 0 Å². The van der Waals surface area contributed by atoms with E-state index in [2.05, 4.69) is 10.2 Å². The van der Waals surface area contributed by atoms with Gasteiger partial charge in [-0.2, -0.15) is 5.10 Å². The predicted octanol–water partition coefficient (Wildman–Crippen LogP) is 2.65. The molecule has 1 aromatic carbocycles. The van der Waals surface area contributed by atoms with Crippen LogP contribution in [0.15, 0.2) is 12.1 Å². The molecule has 0 amide bonds. The Bertz CT molecular complexity index is 625. The van der Waals surface area contributed by atoms with Crippen LogP contribution in [-0.4, -0.2) is 23.4 Å². The highest BCUT2D eigenvalue weighted by atomic mass is 35.5. The molecule has 0 fully saturated rings. The third-order valence-corrected chi connectivity index (χ3v) is 3.40. The van der Waals surface area contributed by atoms with Gasteiger partial charge in [-0.15, -0.1) is 0 Å². The van der Waals surface area contributed by atoms with E-state index in [1.54, 1.807) is 12.1 Å². The molecule has 5 nitrogen and oxygen atoms in total. The van der Waals surface area contributed by atoms with E-state index in [-0.39, 0.29) is 0 Å². The van der Waals surface area contributed by atoms with Gasteiger partial charge < -0.3 is 15.2 Å². The van der Waals surface area contributed by atoms with Crippen molar-refractivity contribution >= 4 is 17.4 Å². The third kappa shape index (κ3) is 2.00. The number of anilines is 1. The van der Waals surface area contributed by atoms with Crippen molar-refractivity contribution in [3.8, 4) is 22.8 Å². The number of aromatic nitrogens is 2. The summed E-state index contributed by atoms with van der Waals surface area (Å²) in [5.74, 6) is 1.90. The quantitative estimate of drug-likeness (QED) is 0.886. The lowest BCUT2D eigenvalue weighted by Crippen LogP contribution is -2.17. The van der Waals surface area contributed by atoms with Crippen molar-refractivity contribution < 1.29 is 9.47 Å². The topological polar surface area (TPSA) is 73.2 Å². The Morgan fingerprint density at radius 3 is 2.84 bits per heavy atom. The summed E-state index contributed by atoms with van der Waals surface area (Å²) in [5, 5.41) is 7.43. The number of nitrogen functional groups attached to an aromatic ring is 1. The van der Waals surface area contributed by atoms with Gasteiger partial charge in [0.2, 0.25) is 0 Å². The first-order valence-electron chi connectivity index (χ1n) is 6.13. The second kappa shape index (κ2) is 4.66. The Morgan fingerprint density at radius 1 is 1.37 bits per heavy atom. The van der Waals surface area contributed by atoms with Gasteiger partial charge in [0.1, 0.15) is 19.0 Å². The van der Waals surface area contributed by atoms with Crippen LogP contribution in [0.5, 0.6) is 11.5 Å². The first kappa shape index (κ1) is 12.2. The standard InChI is InChI=1S/C13H14ClN3O2/c1-2-7-12(9-6-11(15)17-16-9)8(14)5-10-13(7)19-4-3-18-10/h5-6H,2-4H2,1H3,(H3,15,16,17). The zero-order valence-corrected chi connectivity index (χ0v) is 11.3. The number of ether oxygens (including phenoxy) is 2. The van der Waals surface area contributed by atoms with Gasteiger partial charge in [0, 0.05) is 23.3 Å². The number of hydrogen-bond donors (Lipinski definition) is 2. The highest BCUT2D eigenvalue weighted by molar-refractivity contribution is 6.33. The number of hydrogen-bond acceptors (Lipinski definition) is 4. The molecule has 3 N–H and O–H groups in total. The van der Waals surface area contributed by atoms with Gasteiger partial charge in [0.25, 0.3) is 0 Å². The maximum Gasteiger partial charge on any atom is 0.165 e. The smallest absolute Gasteiger partial charge is 0.165 e. The molecule has 1 aromatic heterocycles. The lowest BCUT2D eigenvalue weighted by atomic mass is 10.00. The molecule has 0 unspecified atom stereocenters. The first-order chi connectivity index (χ1) is 9.20. The van der Waals surface area contributed by atoms with Crippen LogP contribution in [0.2, 0.25) is 5.02 Å². The number of rotatable bonds is 2. The second-order valence-corrected chi connectivity index (χ2v) is 4.70. The molecule has 1 aliphatic heterocycles. The molecule has 0 spiro atoms. The Labute approximate surface area is 115 Å². The summed E-state index contributed by atoms with van der Waals surface area (Å²) in [4.78, 5) is 0. The molecule has 0 bridgehead atoms. The molecule has 2 aromatic rings. The van der Waals surface area contributed by atoms with E-state index in [4.69, 9.17) is 26.8 Å². The summed E-state index contributed by atoms with van der Waals surface area (Å²) in [6.45, 7) is 3.14. The molecule has 0 atom stereocenters. The fourth-order valence-corrected chi connectivity index (χ4v) is 2.63. The van der Waals surface area contributed by atoms with E-state index in [9.17, 15) is 0 Å². The molecule has 19 heavy (non-hydrogen) atoms. The first-order valence-corrected chi connectivity index (χ1v) is 6.50. The molecule has 6 heteroatoms. The highest BCUT2D eigenvalue weighted by Crippen LogP contribution is 2.44. The van der Waals surface area contributed by atoms with Crippen molar-refractivity contribution in [2.45, 2.75) is 13.3 Å². The number of nitrogens with two attached hydrogens (primary N) is 1. The number of benzene rings is 1. The van der Waals surface area contributed by atoms with Crippen LogP contribution < -0.4 is 15.2 Å². The predicted molar refractivity (Wildman–Crippen MR) is 73.8 cm³/mol. The average Bonchev–Trinajstić information content (AvgIpc) is 2.83. The van der Waals surface area contributed by atoms with Gasteiger partial charge in [-0.05, 0) is 6.42 Å². The summed E-state index contributed by atoms with van der Waals surface area (Å²) in [6, 6.07) is 3.54. The molecule has 0 radical (unpaired) electrons. The fourth-order valence-electron chi connectivity index (χ4n) is 2.31. The molecule has 0 aliphatic carbocycles. The molecule has 2 heterocycles. The van der Waals surface area contributed by atoms with Gasteiger partial charge in [-0.1, -0.05) is 18.5 Å². The second-order valence-electron chi connectivity index (χ2n) is 4.30. The maximum atomic E-state index is 6.36. The molecule has 0 saturated heterocycles. The number of fused-ring (bicyclic) bond motifs is 1. The van der Waals surface area contributed by atoms with Crippen LogP contribution >= 0.6 is 11.6 Å². The number of aromatic amines is 1. The van der Waals surface area contributed by atoms with Gasteiger partial charge in [0.05, 0.1) is 10.7 Å². The van der Waals surface area contributed by atoms with Crippen LogP contribution in [-0.2, 0) is 6.42 Å². The lowest BCUT2D eigenvalue weighted by Gasteiger charge is -2.23. The average molecular weight is 280 g/mol. The number of nitrogens with zero attached hydrogens (tertiary/aromatic N) is 1. The van der Waals surface area contributed by atoms with Crippen LogP contribution in [0.25, 0.3) is 11.3 Å². The zero-order chi connectivity index (χ0) is 13.4. The van der Waals surface area contributed by atoms with E-state index < -0.39 is 0 Å². The Kier molecular flexibility index (Phi) is 2.98. The summed E-state index contributed by atoms with van der Waals surface area (Å²) in [5.41, 5.74) is 8.32. The summed E-state index contributed by atoms with van der Waals surface area (Å²) in [7, 11) is 0. The minimum atomic E-state index is 0.433. The van der Waals surface area contributed by atoms with Crippen molar-refractivity contribution in [1.29, 1.82) is 0 Å². The van der Waals surface area contributed by atoms with Gasteiger partial charge >= 0.3 is 0 Å². The normalized spacial score (nSPS) is 13.6. The molecule has 1 aliphatic rings. The summed E-state index contributed by atoms with van der Waals surface area (Å²) >= 11 is 6.36. The fraction of sp³-hybridized carbons (Fsp3) is 0.308. The monoisotopic (exact) mass is 279 g/mol. The SMILES string of the molecule is CCc1c2c(cc(Cl)c1-c1cc(N)n[nH]1)OCCO2. The molecular formula is C13H14ClN3O2. The Hall–Kier alpha value is -1.88. The molecule has 0 saturated carbocycles. The van der Waals surface area contributed by atoms with E-state index in [0.717, 1.165) is 29.0 Å². The van der Waals surface area contributed by atoms with Gasteiger partial charge in [0.15, 0.2) is 11.5 Å². The van der Waals surface area contributed by atoms with Crippen molar-refractivity contribution in [3.05, 3.63) is 22.7 Å². The minimum absolute atomic E-state index is 0.433. The minimum Gasteiger partial charge on any atom is -0.486 e. The Balaban J connectivity index is 2.23. The number of H-pyrrole nitrogens is 1. The van der Waals surface area contributed by atoms with E-state index in [0.29, 0.717) is 29.8 Å². The van der Waals surface area contributed by atoms with Crippen LogP contribution in [0.3, 0.4) is 0 Å². The summed E-state index contributed by atoms with van der Waals surface area (Å²) < 4.78 is 11.3. The highest BCUT2D eigenvalue weighted by Gasteiger charge is 2.23. The van der Waals surface area contributed by atoms with Crippen molar-refractivity contribution in [1.82, 2.24) is 10.2 Å². The van der Waals surface area contributed by atoms with Crippen molar-refractivity contribution in [3.63, 3.8) is 0 Å². The molecule has 100 valence electrons. The zero-order valence-electron chi connectivity index (χ0n) is 10.5. The lowest BCUT2D eigenvalue weighted by molar-refractivity contribution is 0.170.